The van der Waals surface area contributed by atoms with Gasteiger partial charge in [0.15, 0.2) is 0 Å². The standard InChI is InChI=1S/C13H9BrN2O2S/c14-11-6-7-15-13-10(11)8-12(16-13)19(17,18)9-4-2-1-3-5-9/h1-8H,(H,15,16). The number of benzene rings is 1. The fraction of sp³-hybridized carbons (Fsp3) is 0. The maximum atomic E-state index is 12.4. The molecule has 0 saturated heterocycles. The number of halogens is 1. The van der Waals surface area contributed by atoms with Crippen LogP contribution in [0.15, 0.2) is 63.1 Å². The van der Waals surface area contributed by atoms with Crippen LogP contribution in [0.25, 0.3) is 11.0 Å². The summed E-state index contributed by atoms with van der Waals surface area (Å²) in [5, 5.41) is 0.894. The molecule has 2 aromatic heterocycles. The first-order valence-electron chi connectivity index (χ1n) is 5.52. The predicted molar refractivity (Wildman–Crippen MR) is 75.7 cm³/mol. The molecule has 3 aromatic rings. The minimum absolute atomic E-state index is 0.146. The van der Waals surface area contributed by atoms with Gasteiger partial charge in [0.1, 0.15) is 10.7 Å². The molecule has 0 saturated carbocycles. The van der Waals surface area contributed by atoms with Crippen molar-refractivity contribution in [3.05, 3.63) is 53.1 Å². The Morgan fingerprint density at radius 3 is 2.53 bits per heavy atom. The molecule has 0 radical (unpaired) electrons. The highest BCUT2D eigenvalue weighted by Crippen LogP contribution is 2.27. The van der Waals surface area contributed by atoms with E-state index in [0.717, 1.165) is 9.86 Å². The van der Waals surface area contributed by atoms with E-state index in [0.29, 0.717) is 5.65 Å². The lowest BCUT2D eigenvalue weighted by atomic mass is 10.3. The van der Waals surface area contributed by atoms with Gasteiger partial charge in [0, 0.05) is 16.1 Å². The zero-order chi connectivity index (χ0) is 13.5. The Labute approximate surface area is 118 Å². The molecule has 3 rings (SSSR count). The topological polar surface area (TPSA) is 62.8 Å². The van der Waals surface area contributed by atoms with Gasteiger partial charge in [-0.25, -0.2) is 13.4 Å². The van der Waals surface area contributed by atoms with Crippen molar-refractivity contribution in [2.45, 2.75) is 9.92 Å². The van der Waals surface area contributed by atoms with Crippen LogP contribution in [-0.2, 0) is 9.84 Å². The zero-order valence-corrected chi connectivity index (χ0v) is 12.1. The summed E-state index contributed by atoms with van der Waals surface area (Å²) in [6.45, 7) is 0. The molecule has 0 aliphatic rings. The molecule has 19 heavy (non-hydrogen) atoms. The molecule has 4 nitrogen and oxygen atoms in total. The van der Waals surface area contributed by atoms with E-state index in [2.05, 4.69) is 25.9 Å². The number of aromatic amines is 1. The fourth-order valence-corrected chi connectivity index (χ4v) is 3.54. The number of hydrogen-bond acceptors (Lipinski definition) is 3. The van der Waals surface area contributed by atoms with Crippen molar-refractivity contribution in [3.63, 3.8) is 0 Å². The van der Waals surface area contributed by atoms with Gasteiger partial charge in [-0.05, 0) is 40.2 Å². The second-order valence-electron chi connectivity index (χ2n) is 4.01. The van der Waals surface area contributed by atoms with Crippen LogP contribution in [0.1, 0.15) is 0 Å². The van der Waals surface area contributed by atoms with Gasteiger partial charge in [-0.2, -0.15) is 0 Å². The number of H-pyrrole nitrogens is 1. The fourth-order valence-electron chi connectivity index (χ4n) is 1.84. The lowest BCUT2D eigenvalue weighted by Crippen LogP contribution is -2.01. The van der Waals surface area contributed by atoms with Crippen molar-refractivity contribution in [1.29, 1.82) is 0 Å². The number of rotatable bonds is 2. The van der Waals surface area contributed by atoms with Crippen molar-refractivity contribution in [2.24, 2.45) is 0 Å². The Morgan fingerprint density at radius 1 is 1.11 bits per heavy atom. The average Bonchev–Trinajstić information content (AvgIpc) is 2.86. The Bertz CT molecular complexity index is 841. The van der Waals surface area contributed by atoms with Crippen LogP contribution >= 0.6 is 15.9 Å². The van der Waals surface area contributed by atoms with E-state index in [1.54, 1.807) is 48.7 Å². The Kier molecular flexibility index (Phi) is 2.91. The van der Waals surface area contributed by atoms with Crippen molar-refractivity contribution in [2.75, 3.05) is 0 Å². The number of hydrogen-bond donors (Lipinski definition) is 1. The normalized spacial score (nSPS) is 11.8. The molecule has 0 aliphatic carbocycles. The van der Waals surface area contributed by atoms with E-state index in [9.17, 15) is 8.42 Å². The third-order valence-electron chi connectivity index (χ3n) is 2.80. The zero-order valence-electron chi connectivity index (χ0n) is 9.67. The Morgan fingerprint density at radius 2 is 1.84 bits per heavy atom. The molecule has 1 N–H and O–H groups in total. The largest absolute Gasteiger partial charge is 0.330 e. The Hall–Kier alpha value is -1.66. The van der Waals surface area contributed by atoms with Gasteiger partial charge in [-0.1, -0.05) is 18.2 Å². The highest BCUT2D eigenvalue weighted by molar-refractivity contribution is 9.10. The average molecular weight is 337 g/mol. The summed E-state index contributed by atoms with van der Waals surface area (Å²) in [5.74, 6) is 0. The van der Waals surface area contributed by atoms with Crippen LogP contribution in [-0.4, -0.2) is 18.4 Å². The van der Waals surface area contributed by atoms with Crippen LogP contribution in [0.2, 0.25) is 0 Å². The van der Waals surface area contributed by atoms with Crippen LogP contribution in [0.3, 0.4) is 0 Å². The van der Waals surface area contributed by atoms with E-state index in [1.165, 1.54) is 0 Å². The van der Waals surface area contributed by atoms with Crippen molar-refractivity contribution >= 4 is 36.8 Å². The number of fused-ring (bicyclic) bond motifs is 1. The number of aromatic nitrogens is 2. The quantitative estimate of drug-likeness (QED) is 0.781. The first kappa shape index (κ1) is 12.4. The maximum absolute atomic E-state index is 12.4. The van der Waals surface area contributed by atoms with Gasteiger partial charge in [-0.3, -0.25) is 0 Å². The maximum Gasteiger partial charge on any atom is 0.221 e. The van der Waals surface area contributed by atoms with E-state index < -0.39 is 9.84 Å². The van der Waals surface area contributed by atoms with Gasteiger partial charge in [-0.15, -0.1) is 0 Å². The number of nitrogens with zero attached hydrogens (tertiary/aromatic N) is 1. The first-order valence-corrected chi connectivity index (χ1v) is 7.80. The molecule has 0 spiro atoms. The Balaban J connectivity index is 2.22. The van der Waals surface area contributed by atoms with E-state index in [1.807, 2.05) is 0 Å². The third-order valence-corrected chi connectivity index (χ3v) is 5.18. The molecule has 0 bridgehead atoms. The van der Waals surface area contributed by atoms with E-state index in [4.69, 9.17) is 0 Å². The van der Waals surface area contributed by atoms with Crippen molar-refractivity contribution in [1.82, 2.24) is 9.97 Å². The number of sulfone groups is 1. The van der Waals surface area contributed by atoms with Gasteiger partial charge >= 0.3 is 0 Å². The summed E-state index contributed by atoms with van der Waals surface area (Å²) in [7, 11) is -3.53. The molecular formula is C13H9BrN2O2S. The van der Waals surface area contributed by atoms with Crippen molar-refractivity contribution < 1.29 is 8.42 Å². The molecule has 6 heteroatoms. The van der Waals surface area contributed by atoms with E-state index >= 15 is 0 Å². The first-order chi connectivity index (χ1) is 9.09. The van der Waals surface area contributed by atoms with Crippen LogP contribution in [0.4, 0.5) is 0 Å². The van der Waals surface area contributed by atoms with Crippen LogP contribution in [0, 0.1) is 0 Å². The summed E-state index contributed by atoms with van der Waals surface area (Å²) in [5.41, 5.74) is 0.545. The summed E-state index contributed by atoms with van der Waals surface area (Å²) >= 11 is 3.38. The highest BCUT2D eigenvalue weighted by atomic mass is 79.9. The molecule has 0 amide bonds. The number of pyridine rings is 1. The van der Waals surface area contributed by atoms with Crippen LogP contribution in [0.5, 0.6) is 0 Å². The third kappa shape index (κ3) is 2.06. The van der Waals surface area contributed by atoms with Gasteiger partial charge in [0.2, 0.25) is 9.84 Å². The molecule has 0 aliphatic heterocycles. The summed E-state index contributed by atoms with van der Waals surface area (Å²) in [4.78, 5) is 7.23. The molecular weight excluding hydrogens is 328 g/mol. The lowest BCUT2D eigenvalue weighted by molar-refractivity contribution is 0.593. The van der Waals surface area contributed by atoms with E-state index in [-0.39, 0.29) is 9.92 Å². The monoisotopic (exact) mass is 336 g/mol. The predicted octanol–water partition coefficient (Wildman–Crippen LogP) is 3.16. The van der Waals surface area contributed by atoms with Gasteiger partial charge < -0.3 is 4.98 Å². The smallest absolute Gasteiger partial charge is 0.221 e. The molecule has 0 unspecified atom stereocenters. The van der Waals surface area contributed by atoms with Gasteiger partial charge in [0.25, 0.3) is 0 Å². The molecule has 1 aromatic carbocycles. The van der Waals surface area contributed by atoms with Crippen molar-refractivity contribution in [3.8, 4) is 0 Å². The minimum Gasteiger partial charge on any atom is -0.330 e. The minimum atomic E-state index is -3.53. The molecule has 96 valence electrons. The SMILES string of the molecule is O=S(=O)(c1ccccc1)c1cc2c(Br)ccnc2[nH]1. The highest BCUT2D eigenvalue weighted by Gasteiger charge is 2.20. The van der Waals surface area contributed by atoms with Gasteiger partial charge in [0.05, 0.1) is 4.90 Å². The van der Waals surface area contributed by atoms with Crippen LogP contribution < -0.4 is 0 Å². The molecule has 0 fully saturated rings. The molecule has 0 atom stereocenters. The second kappa shape index (κ2) is 4.47. The second-order valence-corrected chi connectivity index (χ2v) is 6.78. The lowest BCUT2D eigenvalue weighted by Gasteiger charge is -2.00. The summed E-state index contributed by atoms with van der Waals surface area (Å²) in [6, 6.07) is 11.7. The summed E-state index contributed by atoms with van der Waals surface area (Å²) < 4.78 is 25.7. The summed E-state index contributed by atoms with van der Waals surface area (Å²) in [6.07, 6.45) is 1.61. The number of nitrogens with one attached hydrogen (secondary N) is 1. The molecule has 2 heterocycles.